The molecule has 1 N–H and O–H groups in total. The van der Waals surface area contributed by atoms with E-state index >= 15 is 0 Å². The van der Waals surface area contributed by atoms with E-state index in [4.69, 9.17) is 13.9 Å². The Hall–Kier alpha value is -2.93. The Labute approximate surface area is 229 Å². The highest BCUT2D eigenvalue weighted by atomic mass is 19.4. The van der Waals surface area contributed by atoms with Gasteiger partial charge in [0.25, 0.3) is 5.56 Å². The Bertz CT molecular complexity index is 1330. The molecule has 2 saturated heterocycles. The molecule has 1 amide bonds. The molecule has 0 saturated carbocycles. The SMILES string of the molecule is O=C(CN1CCn2c(cc(C(F)(F)F)cc2=O)C1)NC=C1CN(C2CCOCC2)CC1OC1CCc2ccoc21. The number of carbonyl (C=O) groups excluding carboxylic acids is 1. The number of nitrogens with zero attached hydrogens (tertiary/aromatic N) is 3. The number of aromatic nitrogens is 1. The fraction of sp³-hybridized carbons (Fsp3) is 0.571. The standard InChI is InChI=1S/C28H33F3N4O5/c29-28(30,31)20-11-22-15-33(6-7-35(22)26(37)12-20)17-25(36)32-13-19-14-34(21-4-8-38-9-5-21)16-24(19)40-23-2-1-18-3-10-39-27(18)23/h3,10-13,21,23-24H,1-2,4-9,14-17H2,(H,32,36). The highest BCUT2D eigenvalue weighted by Crippen LogP contribution is 2.38. The molecular weight excluding hydrogens is 529 g/mol. The lowest BCUT2D eigenvalue weighted by molar-refractivity contribution is -0.138. The number of fused-ring (bicyclic) bond motifs is 2. The van der Waals surface area contributed by atoms with Crippen LogP contribution < -0.4 is 10.9 Å². The topological polar surface area (TPSA) is 89.2 Å². The van der Waals surface area contributed by atoms with Crippen molar-refractivity contribution in [2.45, 2.75) is 63.2 Å². The summed E-state index contributed by atoms with van der Waals surface area (Å²) < 4.78 is 58.7. The number of likely N-dealkylation sites (tertiary alicyclic amines) is 1. The van der Waals surface area contributed by atoms with Gasteiger partial charge >= 0.3 is 6.18 Å². The number of carbonyl (C=O) groups is 1. The first-order chi connectivity index (χ1) is 19.2. The zero-order chi connectivity index (χ0) is 27.9. The zero-order valence-electron chi connectivity index (χ0n) is 22.1. The molecular formula is C28H33F3N4O5. The number of ether oxygens (including phenoxy) is 2. The van der Waals surface area contributed by atoms with E-state index in [-0.39, 0.29) is 43.4 Å². The van der Waals surface area contributed by atoms with Crippen LogP contribution in [0.25, 0.3) is 0 Å². The van der Waals surface area contributed by atoms with E-state index in [2.05, 4.69) is 10.2 Å². The van der Waals surface area contributed by atoms with Crippen LogP contribution in [0.3, 0.4) is 0 Å². The molecule has 216 valence electrons. The number of furan rings is 1. The van der Waals surface area contributed by atoms with E-state index < -0.39 is 17.3 Å². The first-order valence-corrected chi connectivity index (χ1v) is 13.8. The largest absolute Gasteiger partial charge is 0.466 e. The van der Waals surface area contributed by atoms with Crippen molar-refractivity contribution in [3.63, 3.8) is 0 Å². The van der Waals surface area contributed by atoms with Crippen LogP contribution in [-0.2, 0) is 40.0 Å². The van der Waals surface area contributed by atoms with Crippen LogP contribution in [0.4, 0.5) is 13.2 Å². The third-order valence-corrected chi connectivity index (χ3v) is 8.34. The molecule has 5 heterocycles. The molecule has 4 aliphatic rings. The summed E-state index contributed by atoms with van der Waals surface area (Å²) in [6.45, 7) is 3.56. The lowest BCUT2D eigenvalue weighted by atomic mass is 10.1. The van der Waals surface area contributed by atoms with Crippen molar-refractivity contribution < 1.29 is 31.9 Å². The fourth-order valence-electron chi connectivity index (χ4n) is 6.22. The van der Waals surface area contributed by atoms with E-state index in [1.807, 2.05) is 6.07 Å². The summed E-state index contributed by atoms with van der Waals surface area (Å²) in [7, 11) is 0. The smallest absolute Gasteiger partial charge is 0.416 e. The van der Waals surface area contributed by atoms with E-state index in [0.29, 0.717) is 25.2 Å². The summed E-state index contributed by atoms with van der Waals surface area (Å²) in [5.74, 6) is 0.610. The fourth-order valence-corrected chi connectivity index (χ4v) is 6.22. The number of hydrogen-bond donors (Lipinski definition) is 1. The first kappa shape index (κ1) is 27.3. The van der Waals surface area contributed by atoms with E-state index in [0.717, 1.165) is 62.8 Å². The molecule has 0 aromatic carbocycles. The number of aryl methyl sites for hydroxylation is 1. The van der Waals surface area contributed by atoms with Crippen molar-refractivity contribution in [2.24, 2.45) is 0 Å². The van der Waals surface area contributed by atoms with Gasteiger partial charge in [0.1, 0.15) is 11.9 Å². The van der Waals surface area contributed by atoms with Crippen molar-refractivity contribution >= 4 is 5.91 Å². The third kappa shape index (κ3) is 5.76. The molecule has 0 spiro atoms. The molecule has 0 radical (unpaired) electrons. The van der Waals surface area contributed by atoms with Gasteiger partial charge in [0.15, 0.2) is 0 Å². The van der Waals surface area contributed by atoms with Gasteiger partial charge in [-0.3, -0.25) is 19.4 Å². The number of rotatable bonds is 6. The Balaban J connectivity index is 1.11. The lowest BCUT2D eigenvalue weighted by Gasteiger charge is -2.30. The van der Waals surface area contributed by atoms with Crippen LogP contribution in [-0.4, -0.2) is 71.8 Å². The first-order valence-electron chi connectivity index (χ1n) is 13.8. The molecule has 2 aromatic heterocycles. The number of pyridine rings is 1. The number of halogens is 3. The Morgan fingerprint density at radius 2 is 1.95 bits per heavy atom. The molecule has 0 bridgehead atoms. The van der Waals surface area contributed by atoms with Crippen molar-refractivity contribution in [3.05, 3.63) is 69.2 Å². The number of hydrogen-bond acceptors (Lipinski definition) is 7. The Morgan fingerprint density at radius 3 is 2.75 bits per heavy atom. The van der Waals surface area contributed by atoms with Crippen molar-refractivity contribution in [3.8, 4) is 0 Å². The summed E-state index contributed by atoms with van der Waals surface area (Å²) in [5.41, 5.74) is 0.762. The van der Waals surface area contributed by atoms with Crippen LogP contribution in [0, 0.1) is 0 Å². The molecule has 2 unspecified atom stereocenters. The summed E-state index contributed by atoms with van der Waals surface area (Å²) in [5, 5.41) is 2.89. The van der Waals surface area contributed by atoms with Crippen molar-refractivity contribution in [1.29, 1.82) is 0 Å². The predicted octanol–water partition coefficient (Wildman–Crippen LogP) is 2.84. The van der Waals surface area contributed by atoms with Gasteiger partial charge in [0, 0.05) is 69.9 Å². The Morgan fingerprint density at radius 1 is 1.12 bits per heavy atom. The maximum Gasteiger partial charge on any atom is 0.416 e. The maximum atomic E-state index is 13.2. The molecule has 6 rings (SSSR count). The van der Waals surface area contributed by atoms with Crippen molar-refractivity contribution in [1.82, 2.24) is 19.7 Å². The minimum absolute atomic E-state index is 0.00178. The lowest BCUT2D eigenvalue weighted by Crippen LogP contribution is -2.43. The summed E-state index contributed by atoms with van der Waals surface area (Å²) >= 11 is 0. The summed E-state index contributed by atoms with van der Waals surface area (Å²) in [4.78, 5) is 29.2. The maximum absolute atomic E-state index is 13.2. The summed E-state index contributed by atoms with van der Waals surface area (Å²) in [6.07, 6.45) is 2.18. The molecule has 12 heteroatoms. The van der Waals surface area contributed by atoms with Gasteiger partial charge in [-0.25, -0.2) is 0 Å². The van der Waals surface area contributed by atoms with E-state index in [1.165, 1.54) is 10.1 Å². The van der Waals surface area contributed by atoms with Gasteiger partial charge in [-0.15, -0.1) is 0 Å². The molecule has 1 aliphatic carbocycles. The van der Waals surface area contributed by atoms with Crippen LogP contribution >= 0.6 is 0 Å². The summed E-state index contributed by atoms with van der Waals surface area (Å²) in [6, 6.07) is 3.99. The Kier molecular flexibility index (Phi) is 7.60. The average Bonchev–Trinajstić information content (AvgIpc) is 3.65. The van der Waals surface area contributed by atoms with Crippen molar-refractivity contribution in [2.75, 3.05) is 39.4 Å². The van der Waals surface area contributed by atoms with Gasteiger partial charge in [-0.2, -0.15) is 13.2 Å². The second kappa shape index (κ2) is 11.2. The minimum Gasteiger partial charge on any atom is -0.466 e. The minimum atomic E-state index is -4.60. The van der Waals surface area contributed by atoms with Crippen LogP contribution in [0.5, 0.6) is 0 Å². The van der Waals surface area contributed by atoms with Gasteiger partial charge in [-0.05, 0) is 49.0 Å². The normalized spacial score (nSPS) is 25.3. The number of nitrogens with one attached hydrogen (secondary N) is 1. The van der Waals surface area contributed by atoms with Crippen LogP contribution in [0.15, 0.2) is 45.4 Å². The molecule has 40 heavy (non-hydrogen) atoms. The molecule has 2 fully saturated rings. The van der Waals surface area contributed by atoms with Crippen LogP contribution in [0.1, 0.15) is 47.9 Å². The second-order valence-corrected chi connectivity index (χ2v) is 11.0. The van der Waals surface area contributed by atoms with Gasteiger partial charge in [-0.1, -0.05) is 0 Å². The molecule has 2 atom stereocenters. The third-order valence-electron chi connectivity index (χ3n) is 8.34. The van der Waals surface area contributed by atoms with Crippen LogP contribution in [0.2, 0.25) is 0 Å². The van der Waals surface area contributed by atoms with Gasteiger partial charge in [0.2, 0.25) is 5.91 Å². The van der Waals surface area contributed by atoms with Gasteiger partial charge in [0.05, 0.1) is 24.5 Å². The predicted molar refractivity (Wildman–Crippen MR) is 137 cm³/mol. The highest BCUT2D eigenvalue weighted by molar-refractivity contribution is 5.79. The van der Waals surface area contributed by atoms with Gasteiger partial charge < -0.3 is 23.8 Å². The zero-order valence-corrected chi connectivity index (χ0v) is 22.1. The number of amides is 1. The second-order valence-electron chi connectivity index (χ2n) is 11.0. The number of alkyl halides is 3. The molecule has 9 nitrogen and oxygen atoms in total. The molecule has 3 aliphatic heterocycles. The molecule has 2 aromatic rings. The quantitative estimate of drug-likeness (QED) is 0.579. The van der Waals surface area contributed by atoms with E-state index in [9.17, 15) is 22.8 Å². The monoisotopic (exact) mass is 562 g/mol. The highest BCUT2D eigenvalue weighted by Gasteiger charge is 2.37. The van der Waals surface area contributed by atoms with E-state index in [1.54, 1.807) is 17.4 Å². The average molecular weight is 563 g/mol.